The average Bonchev–Trinajstić information content (AvgIpc) is 2.10. The fourth-order valence-electron chi connectivity index (χ4n) is 0.781. The van der Waals surface area contributed by atoms with Gasteiger partial charge < -0.3 is 5.11 Å². The quantitative estimate of drug-likeness (QED) is 0.384. The van der Waals surface area contributed by atoms with Gasteiger partial charge in [0, 0.05) is 5.57 Å². The molecule has 0 aliphatic heterocycles. The van der Waals surface area contributed by atoms with Crippen molar-refractivity contribution < 1.29 is 9.90 Å². The summed E-state index contributed by atoms with van der Waals surface area (Å²) in [6.45, 7) is 8.58. The summed E-state index contributed by atoms with van der Waals surface area (Å²) in [7, 11) is 0. The molecule has 0 aromatic heterocycles. The van der Waals surface area contributed by atoms with Gasteiger partial charge in [0.05, 0.1) is 0 Å². The van der Waals surface area contributed by atoms with E-state index < -0.39 is 5.97 Å². The van der Waals surface area contributed by atoms with Crippen LogP contribution in [0, 0.1) is 6.58 Å². The molecule has 0 spiro atoms. The van der Waals surface area contributed by atoms with E-state index in [4.69, 9.17) is 11.7 Å². The van der Waals surface area contributed by atoms with Gasteiger partial charge in [-0.1, -0.05) is 37.0 Å². The van der Waals surface area contributed by atoms with Gasteiger partial charge in [0.15, 0.2) is 0 Å². The highest BCUT2D eigenvalue weighted by Gasteiger charge is 2.02. The van der Waals surface area contributed by atoms with Crippen LogP contribution in [0.2, 0.25) is 0 Å². The molecular weight excluding hydrogens is 164 g/mol. The lowest BCUT2D eigenvalue weighted by atomic mass is 10.1. The van der Waals surface area contributed by atoms with Crippen molar-refractivity contribution in [1.82, 2.24) is 0 Å². The molecule has 2 nitrogen and oxygen atoms in total. The van der Waals surface area contributed by atoms with E-state index in [-0.39, 0.29) is 0 Å². The van der Waals surface area contributed by atoms with Crippen molar-refractivity contribution in [1.29, 1.82) is 0 Å². The van der Waals surface area contributed by atoms with Crippen LogP contribution in [0.15, 0.2) is 42.5 Å². The second-order valence-electron chi connectivity index (χ2n) is 2.38. The van der Waals surface area contributed by atoms with Crippen LogP contribution >= 0.6 is 0 Å². The summed E-state index contributed by atoms with van der Waals surface area (Å²) in [6.07, 6.45) is 9.03. The van der Waals surface area contributed by atoms with Crippen LogP contribution in [-0.2, 0) is 4.79 Å². The number of hydrogen-bond acceptors (Lipinski definition) is 1. The third-order valence-corrected chi connectivity index (χ3v) is 1.39. The summed E-state index contributed by atoms with van der Waals surface area (Å²) in [4.78, 5) is 10.6. The van der Waals surface area contributed by atoms with Crippen LogP contribution in [0.4, 0.5) is 0 Å². The molecular formula is C11H13O2. The van der Waals surface area contributed by atoms with Crippen molar-refractivity contribution in [2.24, 2.45) is 0 Å². The predicted octanol–water partition coefficient (Wildman–Crippen LogP) is 2.51. The van der Waals surface area contributed by atoms with Crippen LogP contribution in [0.1, 0.15) is 12.8 Å². The Morgan fingerprint density at radius 3 is 2.69 bits per heavy atom. The molecule has 1 N–H and O–H groups in total. The minimum absolute atomic E-state index is 0.358. The molecule has 0 aromatic rings. The second kappa shape index (κ2) is 7.10. The molecule has 13 heavy (non-hydrogen) atoms. The normalized spacial score (nSPS) is 11.5. The molecule has 0 saturated heterocycles. The number of allylic oxidation sites excluding steroid dienone is 5. The SMILES string of the molecule is [CH]=CC=CCC=C(CC=C)C(=O)O. The number of hydrogen-bond donors (Lipinski definition) is 1. The molecule has 0 saturated carbocycles. The lowest BCUT2D eigenvalue weighted by Crippen LogP contribution is -1.98. The molecule has 1 radical (unpaired) electrons. The summed E-state index contributed by atoms with van der Waals surface area (Å²) < 4.78 is 0. The van der Waals surface area contributed by atoms with Gasteiger partial charge in [-0.05, 0) is 12.8 Å². The van der Waals surface area contributed by atoms with Crippen LogP contribution in [-0.4, -0.2) is 11.1 Å². The second-order valence-corrected chi connectivity index (χ2v) is 2.38. The molecule has 0 aliphatic rings. The first-order valence-corrected chi connectivity index (χ1v) is 3.95. The van der Waals surface area contributed by atoms with Crippen molar-refractivity contribution in [3.8, 4) is 0 Å². The third kappa shape index (κ3) is 5.67. The standard InChI is InChI=1S/C11H13O2/c1-3-5-6-7-9-10(8-4-2)11(12)13/h1,3-6,9H,2,7-8H2,(H,12,13). The number of carbonyl (C=O) groups is 1. The fraction of sp³-hybridized carbons (Fsp3) is 0.182. The first-order valence-electron chi connectivity index (χ1n) is 3.95. The molecule has 69 valence electrons. The largest absolute Gasteiger partial charge is 0.478 e. The van der Waals surface area contributed by atoms with E-state index in [1.807, 2.05) is 0 Å². The minimum Gasteiger partial charge on any atom is -0.478 e. The van der Waals surface area contributed by atoms with Crippen molar-refractivity contribution in [2.45, 2.75) is 12.8 Å². The Morgan fingerprint density at radius 1 is 1.54 bits per heavy atom. The molecule has 0 amide bonds. The van der Waals surface area contributed by atoms with Crippen molar-refractivity contribution in [3.05, 3.63) is 49.1 Å². The average molecular weight is 177 g/mol. The maximum Gasteiger partial charge on any atom is 0.331 e. The summed E-state index contributed by atoms with van der Waals surface area (Å²) in [6, 6.07) is 0. The summed E-state index contributed by atoms with van der Waals surface area (Å²) in [5.41, 5.74) is 0.358. The molecule has 0 bridgehead atoms. The van der Waals surface area contributed by atoms with Crippen LogP contribution in [0.5, 0.6) is 0 Å². The molecule has 0 aliphatic carbocycles. The molecule has 0 atom stereocenters. The number of rotatable bonds is 6. The first kappa shape index (κ1) is 11.4. The Bertz CT molecular complexity index is 247. The highest BCUT2D eigenvalue weighted by Crippen LogP contribution is 2.04. The topological polar surface area (TPSA) is 37.3 Å². The Hall–Kier alpha value is -1.57. The highest BCUT2D eigenvalue weighted by atomic mass is 16.4. The summed E-state index contributed by atoms with van der Waals surface area (Å²) in [5.74, 6) is -0.898. The van der Waals surface area contributed by atoms with E-state index >= 15 is 0 Å². The highest BCUT2D eigenvalue weighted by molar-refractivity contribution is 5.86. The van der Waals surface area contributed by atoms with E-state index in [1.165, 1.54) is 6.08 Å². The van der Waals surface area contributed by atoms with E-state index in [2.05, 4.69) is 6.58 Å². The van der Waals surface area contributed by atoms with Gasteiger partial charge in [-0.3, -0.25) is 0 Å². The monoisotopic (exact) mass is 177 g/mol. The maximum atomic E-state index is 10.6. The van der Waals surface area contributed by atoms with E-state index in [1.54, 1.807) is 24.3 Å². The van der Waals surface area contributed by atoms with E-state index in [9.17, 15) is 4.79 Å². The fourth-order valence-corrected chi connectivity index (χ4v) is 0.781. The van der Waals surface area contributed by atoms with Gasteiger partial charge in [0.25, 0.3) is 0 Å². The smallest absolute Gasteiger partial charge is 0.331 e. The van der Waals surface area contributed by atoms with Gasteiger partial charge in [-0.15, -0.1) is 6.58 Å². The Labute approximate surface area is 78.6 Å². The van der Waals surface area contributed by atoms with Crippen molar-refractivity contribution in [3.63, 3.8) is 0 Å². The van der Waals surface area contributed by atoms with Crippen LogP contribution in [0.3, 0.4) is 0 Å². The zero-order valence-electron chi connectivity index (χ0n) is 7.44. The lowest BCUT2D eigenvalue weighted by Gasteiger charge is -1.95. The first-order chi connectivity index (χ1) is 6.22. The Morgan fingerprint density at radius 2 is 2.23 bits per heavy atom. The Balaban J connectivity index is 4.18. The summed E-state index contributed by atoms with van der Waals surface area (Å²) in [5, 5.41) is 8.69. The molecule has 0 rings (SSSR count). The van der Waals surface area contributed by atoms with Gasteiger partial charge in [-0.25, -0.2) is 4.79 Å². The lowest BCUT2D eigenvalue weighted by molar-refractivity contribution is -0.132. The predicted molar refractivity (Wildman–Crippen MR) is 53.2 cm³/mol. The molecule has 0 aromatic carbocycles. The van der Waals surface area contributed by atoms with E-state index in [0.717, 1.165) is 0 Å². The number of carboxylic acids is 1. The van der Waals surface area contributed by atoms with Gasteiger partial charge in [0.2, 0.25) is 0 Å². The molecule has 0 fully saturated rings. The molecule has 0 heterocycles. The summed E-state index contributed by atoms with van der Waals surface area (Å²) >= 11 is 0. The third-order valence-electron chi connectivity index (χ3n) is 1.39. The zero-order chi connectivity index (χ0) is 10.1. The van der Waals surface area contributed by atoms with Crippen LogP contribution < -0.4 is 0 Å². The Kier molecular flexibility index (Phi) is 6.24. The van der Waals surface area contributed by atoms with Crippen molar-refractivity contribution in [2.75, 3.05) is 0 Å². The van der Waals surface area contributed by atoms with Crippen molar-refractivity contribution >= 4 is 5.97 Å². The number of aliphatic carboxylic acids is 1. The molecule has 0 unspecified atom stereocenters. The van der Waals surface area contributed by atoms with E-state index in [0.29, 0.717) is 18.4 Å². The van der Waals surface area contributed by atoms with Gasteiger partial charge >= 0.3 is 5.97 Å². The number of carboxylic acid groups (broad SMARTS) is 1. The minimum atomic E-state index is -0.898. The van der Waals surface area contributed by atoms with Gasteiger partial charge in [0.1, 0.15) is 0 Å². The zero-order valence-corrected chi connectivity index (χ0v) is 7.44. The van der Waals surface area contributed by atoms with Gasteiger partial charge in [-0.2, -0.15) is 0 Å². The maximum absolute atomic E-state index is 10.6. The van der Waals surface area contributed by atoms with Crippen LogP contribution in [0.25, 0.3) is 0 Å². The molecule has 2 heteroatoms.